The molecule has 10 heteroatoms. The Labute approximate surface area is 260 Å². The Hall–Kier alpha value is -2.97. The molecule has 0 radical (unpaired) electrons. The van der Waals surface area contributed by atoms with E-state index in [1.165, 1.54) is 11.3 Å². The van der Waals surface area contributed by atoms with Gasteiger partial charge in [0.25, 0.3) is 0 Å². The van der Waals surface area contributed by atoms with E-state index in [-0.39, 0.29) is 16.7 Å². The molecule has 232 valence electrons. The Morgan fingerprint density at radius 2 is 1.77 bits per heavy atom. The summed E-state index contributed by atoms with van der Waals surface area (Å²) in [5.74, 6) is -0.0780. The normalized spacial score (nSPS) is 15.8. The number of hydrogen-bond acceptors (Lipinski definition) is 8. The van der Waals surface area contributed by atoms with Gasteiger partial charge in [-0.25, -0.2) is 9.78 Å². The van der Waals surface area contributed by atoms with Crippen molar-refractivity contribution < 1.29 is 28.5 Å². The molecule has 0 aliphatic heterocycles. The number of fused-ring (bicyclic) bond motifs is 1. The molecule has 0 unspecified atom stereocenters. The molecular weight excluding hydrogens is 581 g/mol. The zero-order chi connectivity index (χ0) is 31.4. The highest BCUT2D eigenvalue weighted by atomic mass is 32.1. The lowest BCUT2D eigenvalue weighted by Crippen LogP contribution is -2.45. The van der Waals surface area contributed by atoms with Crippen LogP contribution in [-0.4, -0.2) is 49.8 Å². The summed E-state index contributed by atoms with van der Waals surface area (Å²) >= 11 is 1.49. The van der Waals surface area contributed by atoms with E-state index in [1.807, 2.05) is 32.0 Å². The van der Waals surface area contributed by atoms with Crippen LogP contribution in [0, 0.1) is 11.3 Å². The number of aromatic nitrogens is 1. The molecule has 1 fully saturated rings. The Morgan fingerprint density at radius 1 is 1.14 bits per heavy atom. The zero-order valence-corrected chi connectivity index (χ0v) is 28.2. The SMILES string of the molecule is CCOc1cc([C@@H](O[Si](C)(C)C(C)(C)C)[C@H](Cc2nc3c(C(=O)O)cccc3s2)OC2CCCC2)cc(OCC)c1C#N. The van der Waals surface area contributed by atoms with Gasteiger partial charge in [0.2, 0.25) is 0 Å². The monoisotopic (exact) mass is 624 g/mol. The molecule has 1 aliphatic carbocycles. The summed E-state index contributed by atoms with van der Waals surface area (Å²) in [4.78, 5) is 16.7. The highest BCUT2D eigenvalue weighted by molar-refractivity contribution is 7.18. The summed E-state index contributed by atoms with van der Waals surface area (Å²) < 4.78 is 26.9. The Kier molecular flexibility index (Phi) is 10.5. The van der Waals surface area contributed by atoms with Gasteiger partial charge in [-0.05, 0) is 74.7 Å². The van der Waals surface area contributed by atoms with E-state index in [0.717, 1.165) is 41.0 Å². The molecule has 8 nitrogen and oxygen atoms in total. The first-order valence-corrected chi connectivity index (χ1v) is 18.9. The molecule has 0 saturated heterocycles. The third-order valence-electron chi connectivity index (χ3n) is 8.43. The van der Waals surface area contributed by atoms with Crippen molar-refractivity contribution in [1.82, 2.24) is 4.98 Å². The fourth-order valence-corrected chi connectivity index (χ4v) is 7.51. The van der Waals surface area contributed by atoms with Gasteiger partial charge in [0, 0.05) is 6.42 Å². The maximum atomic E-state index is 11.9. The number of hydrogen-bond donors (Lipinski definition) is 1. The Morgan fingerprint density at radius 3 is 2.30 bits per heavy atom. The lowest BCUT2D eigenvalue weighted by atomic mass is 9.99. The summed E-state index contributed by atoms with van der Waals surface area (Å²) in [5.41, 5.74) is 1.87. The van der Waals surface area contributed by atoms with Crippen LogP contribution in [0.5, 0.6) is 11.5 Å². The first-order chi connectivity index (χ1) is 20.4. The maximum absolute atomic E-state index is 11.9. The lowest BCUT2D eigenvalue weighted by molar-refractivity contribution is -0.0705. The van der Waals surface area contributed by atoms with Crippen molar-refractivity contribution in [3.63, 3.8) is 0 Å². The molecule has 2 atom stereocenters. The van der Waals surface area contributed by atoms with Crippen LogP contribution in [0.3, 0.4) is 0 Å². The van der Waals surface area contributed by atoms with E-state index in [4.69, 9.17) is 23.6 Å². The van der Waals surface area contributed by atoms with Crippen LogP contribution in [0.25, 0.3) is 10.2 Å². The number of nitriles is 1. The molecule has 1 aliphatic rings. The number of carbonyl (C=O) groups is 1. The van der Waals surface area contributed by atoms with Crippen molar-refractivity contribution in [2.45, 2.75) is 103 Å². The van der Waals surface area contributed by atoms with E-state index in [1.54, 1.807) is 12.1 Å². The molecule has 0 spiro atoms. The molecule has 1 aromatic heterocycles. The summed E-state index contributed by atoms with van der Waals surface area (Å²) in [6, 6.07) is 11.3. The molecule has 0 amide bonds. The highest BCUT2D eigenvalue weighted by Gasteiger charge is 2.43. The van der Waals surface area contributed by atoms with Crippen LogP contribution < -0.4 is 9.47 Å². The van der Waals surface area contributed by atoms with Gasteiger partial charge in [0.1, 0.15) is 23.1 Å². The van der Waals surface area contributed by atoms with Crippen LogP contribution in [0.2, 0.25) is 18.1 Å². The Balaban J connectivity index is 1.87. The number of carboxylic acids is 1. The van der Waals surface area contributed by atoms with Crippen LogP contribution in [-0.2, 0) is 15.6 Å². The molecule has 0 bridgehead atoms. The molecule has 4 rings (SSSR count). The number of ether oxygens (including phenoxy) is 3. The van der Waals surface area contributed by atoms with Crippen LogP contribution in [0.4, 0.5) is 0 Å². The van der Waals surface area contributed by atoms with Crippen molar-refractivity contribution in [3.05, 3.63) is 52.0 Å². The van der Waals surface area contributed by atoms with Crippen molar-refractivity contribution in [3.8, 4) is 17.6 Å². The van der Waals surface area contributed by atoms with Gasteiger partial charge in [0.15, 0.2) is 8.32 Å². The fraction of sp³-hybridized carbons (Fsp3) is 0.545. The lowest BCUT2D eigenvalue weighted by Gasteiger charge is -2.42. The average Bonchev–Trinajstić information content (AvgIpc) is 3.60. The number of nitrogens with zero attached hydrogens (tertiary/aromatic N) is 2. The molecule has 3 aromatic rings. The predicted molar refractivity (Wildman–Crippen MR) is 172 cm³/mol. The molecule has 43 heavy (non-hydrogen) atoms. The van der Waals surface area contributed by atoms with Gasteiger partial charge in [-0.3, -0.25) is 0 Å². The molecule has 1 saturated carbocycles. The predicted octanol–water partition coefficient (Wildman–Crippen LogP) is 8.30. The summed E-state index contributed by atoms with van der Waals surface area (Å²) in [6.07, 6.45) is 3.82. The van der Waals surface area contributed by atoms with Gasteiger partial charge in [-0.2, -0.15) is 5.26 Å². The number of carboxylic acid groups (broad SMARTS) is 1. The smallest absolute Gasteiger partial charge is 0.337 e. The first kappa shape index (κ1) is 32.9. The van der Waals surface area contributed by atoms with Crippen LogP contribution in [0.1, 0.15) is 92.9 Å². The van der Waals surface area contributed by atoms with Crippen LogP contribution in [0.15, 0.2) is 30.3 Å². The number of thiazole rings is 1. The van der Waals surface area contributed by atoms with Crippen molar-refractivity contribution in [2.24, 2.45) is 0 Å². The van der Waals surface area contributed by atoms with Gasteiger partial charge in [-0.1, -0.05) is 39.7 Å². The number of benzene rings is 2. The van der Waals surface area contributed by atoms with Crippen molar-refractivity contribution in [2.75, 3.05) is 13.2 Å². The number of aromatic carboxylic acids is 1. The summed E-state index contributed by atoms with van der Waals surface area (Å²) in [6.45, 7) is 15.7. The van der Waals surface area contributed by atoms with E-state index in [9.17, 15) is 15.2 Å². The standard InChI is InChI=1S/C33H44N2O6SSi/c1-8-38-25-17-21(18-26(39-9-2)24(25)20-34)31(41-43(6,7)33(3,4)5)27(40-22-13-10-11-14-22)19-29-35-30-23(32(36)37)15-12-16-28(30)42-29/h12,15-18,22,27,31H,8-11,13-14,19H2,1-7H3,(H,36,37)/t27-,31+/m0/s1. The molecule has 2 aromatic carbocycles. The summed E-state index contributed by atoms with van der Waals surface area (Å²) in [5, 5.41) is 20.5. The third-order valence-corrected chi connectivity index (χ3v) is 13.9. The number of para-hydroxylation sites is 1. The largest absolute Gasteiger partial charge is 0.492 e. The fourth-order valence-electron chi connectivity index (χ4n) is 5.20. The van der Waals surface area contributed by atoms with Crippen molar-refractivity contribution in [1.29, 1.82) is 5.26 Å². The van der Waals surface area contributed by atoms with Gasteiger partial charge < -0.3 is 23.7 Å². The topological polar surface area (TPSA) is 111 Å². The second kappa shape index (κ2) is 13.8. The molecule has 1 N–H and O–H groups in total. The van der Waals surface area contributed by atoms with E-state index in [0.29, 0.717) is 42.2 Å². The van der Waals surface area contributed by atoms with E-state index < -0.39 is 26.5 Å². The minimum Gasteiger partial charge on any atom is -0.492 e. The van der Waals surface area contributed by atoms with Gasteiger partial charge in [0.05, 0.1) is 52.3 Å². The quantitative estimate of drug-likeness (QED) is 0.189. The van der Waals surface area contributed by atoms with Gasteiger partial charge in [-0.15, -0.1) is 11.3 Å². The Bertz CT molecular complexity index is 1440. The second-order valence-corrected chi connectivity index (χ2v) is 18.4. The molecule has 1 heterocycles. The highest BCUT2D eigenvalue weighted by Crippen LogP contribution is 2.44. The third kappa shape index (κ3) is 7.58. The first-order valence-electron chi connectivity index (χ1n) is 15.2. The van der Waals surface area contributed by atoms with Crippen LogP contribution >= 0.6 is 11.3 Å². The van der Waals surface area contributed by atoms with E-state index in [2.05, 4.69) is 39.9 Å². The van der Waals surface area contributed by atoms with E-state index >= 15 is 0 Å². The average molecular weight is 625 g/mol. The molecular formula is C33H44N2O6SSi. The minimum atomic E-state index is -2.36. The minimum absolute atomic E-state index is 0.0759. The maximum Gasteiger partial charge on any atom is 0.337 e. The van der Waals surface area contributed by atoms with Crippen molar-refractivity contribution >= 4 is 35.8 Å². The second-order valence-electron chi connectivity index (χ2n) is 12.5. The zero-order valence-electron chi connectivity index (χ0n) is 26.4. The summed E-state index contributed by atoms with van der Waals surface area (Å²) in [7, 11) is -2.36. The van der Waals surface area contributed by atoms with Gasteiger partial charge >= 0.3 is 5.97 Å². The number of rotatable bonds is 13.